The average molecular weight is 590 g/mol. The molecule has 0 aliphatic carbocycles. The number of anilines is 3. The van der Waals surface area contributed by atoms with Crippen LogP contribution in [0, 0.1) is 0 Å². The summed E-state index contributed by atoms with van der Waals surface area (Å²) in [4.78, 5) is 40.4. The second kappa shape index (κ2) is 14.4. The molecular weight excluding hydrogens is 553 g/mol. The van der Waals surface area contributed by atoms with E-state index >= 15 is 0 Å². The molecule has 1 saturated heterocycles. The van der Waals surface area contributed by atoms with E-state index in [2.05, 4.69) is 30.5 Å². The van der Waals surface area contributed by atoms with Gasteiger partial charge in [-0.25, -0.2) is 21.6 Å². The highest BCUT2D eigenvalue weighted by Gasteiger charge is 2.20. The molecule has 1 aliphatic heterocycles. The van der Waals surface area contributed by atoms with E-state index in [1.165, 1.54) is 17.8 Å². The van der Waals surface area contributed by atoms with Crippen LogP contribution in [0.25, 0.3) is 11.3 Å². The van der Waals surface area contributed by atoms with Gasteiger partial charge in [-0.05, 0) is 48.4 Å². The van der Waals surface area contributed by atoms with Crippen molar-refractivity contribution in [2.45, 2.75) is 44.5 Å². The summed E-state index contributed by atoms with van der Waals surface area (Å²) in [6.07, 6.45) is 5.66. The number of hydrogen-bond acceptors (Lipinski definition) is 10. The summed E-state index contributed by atoms with van der Waals surface area (Å²) in [7, 11) is 5.66. The zero-order valence-electron chi connectivity index (χ0n) is 24.1. The summed E-state index contributed by atoms with van der Waals surface area (Å²) >= 11 is 1.26. The van der Waals surface area contributed by atoms with Crippen LogP contribution in [-0.4, -0.2) is 77.6 Å². The lowest BCUT2D eigenvalue weighted by molar-refractivity contribution is -0.121. The number of nitrogens with two attached hydrogens (primary N) is 1. The topological polar surface area (TPSA) is 145 Å². The molecule has 1 unspecified atom stereocenters. The van der Waals surface area contributed by atoms with Gasteiger partial charge in [-0.1, -0.05) is 13.8 Å². The average Bonchev–Trinajstić information content (AvgIpc) is 3.00. The van der Waals surface area contributed by atoms with Gasteiger partial charge in [0.15, 0.2) is 18.6 Å². The van der Waals surface area contributed by atoms with Crippen LogP contribution >= 0.6 is 11.6 Å². The predicted octanol–water partition coefficient (Wildman–Crippen LogP) is 3.47. The van der Waals surface area contributed by atoms with Gasteiger partial charge in [-0.2, -0.15) is 0 Å². The fourth-order valence-electron chi connectivity index (χ4n) is 4.25. The fourth-order valence-corrected chi connectivity index (χ4v) is 4.47. The van der Waals surface area contributed by atoms with Gasteiger partial charge in [0.05, 0.1) is 49.2 Å². The number of pyridine rings is 1. The molecule has 42 heavy (non-hydrogen) atoms. The molecule has 2 amide bonds. The first-order valence-corrected chi connectivity index (χ1v) is 14.7. The first-order valence-electron chi connectivity index (χ1n) is 13.8. The Morgan fingerprint density at radius 1 is 1.19 bits per heavy atom. The number of hydrogen-bond donors (Lipinski definition) is 3. The molecule has 0 spiro atoms. The van der Waals surface area contributed by atoms with Crippen molar-refractivity contribution in [3.05, 3.63) is 54.6 Å². The van der Waals surface area contributed by atoms with Crippen LogP contribution in [0.2, 0.25) is 0 Å². The van der Waals surface area contributed by atoms with Gasteiger partial charge in [0.1, 0.15) is 11.9 Å². The number of morpholine rings is 1. The van der Waals surface area contributed by atoms with Crippen molar-refractivity contribution in [2.24, 2.45) is 0 Å². The van der Waals surface area contributed by atoms with Crippen molar-refractivity contribution in [3.8, 4) is 17.0 Å². The number of ether oxygens (including phenoxy) is 2. The number of nitrogens with zero attached hydrogens (tertiary/aromatic N) is 4. The Hall–Kier alpha value is -3.84. The molecule has 3 heterocycles. The van der Waals surface area contributed by atoms with E-state index in [1.54, 1.807) is 24.5 Å². The number of amides is 2. The van der Waals surface area contributed by atoms with Gasteiger partial charge < -0.3 is 30.7 Å². The molecule has 2 radical (unpaired) electrons. The second-order valence-corrected chi connectivity index (χ2v) is 11.9. The normalized spacial score (nSPS) is 14.2. The maximum absolute atomic E-state index is 13.2. The number of nitrogens with one attached hydrogen (secondary N) is 2. The minimum Gasteiger partial charge on any atom is -0.489 e. The summed E-state index contributed by atoms with van der Waals surface area (Å²) in [5, 5.41) is 5.79. The molecule has 11 nitrogen and oxygen atoms in total. The number of carbonyl (C=O) groups excluding carboxylic acids is 2. The van der Waals surface area contributed by atoms with Crippen molar-refractivity contribution in [1.82, 2.24) is 20.3 Å². The number of aromatic nitrogens is 3. The van der Waals surface area contributed by atoms with Gasteiger partial charge in [0.2, 0.25) is 5.91 Å². The van der Waals surface area contributed by atoms with Crippen molar-refractivity contribution in [2.75, 3.05) is 48.8 Å². The smallest absolute Gasteiger partial charge is 0.278 e. The van der Waals surface area contributed by atoms with Gasteiger partial charge in [-0.15, -0.1) is 0 Å². The van der Waals surface area contributed by atoms with E-state index in [-0.39, 0.29) is 28.3 Å². The SMILES string of the molecule is [B]SC(C)(C)CCC(=O)NCC(C)Oc1ccc(-c2cnc(N)c(C(=O)Nc3cnccc3N3CCOCC3)n2)cc1. The Kier molecular flexibility index (Phi) is 10.6. The molecule has 0 saturated carbocycles. The van der Waals surface area contributed by atoms with Crippen LogP contribution in [0.3, 0.4) is 0 Å². The second-order valence-electron chi connectivity index (χ2n) is 10.6. The summed E-state index contributed by atoms with van der Waals surface area (Å²) < 4.78 is 11.3. The Balaban J connectivity index is 1.36. The van der Waals surface area contributed by atoms with Crippen LogP contribution in [0.4, 0.5) is 17.2 Å². The van der Waals surface area contributed by atoms with Crippen LogP contribution < -0.4 is 26.0 Å². The molecule has 1 fully saturated rings. The number of carbonyl (C=O) groups is 2. The molecule has 1 atom stereocenters. The summed E-state index contributed by atoms with van der Waals surface area (Å²) in [5.74, 6) is 0.139. The molecule has 220 valence electrons. The first kappa shape index (κ1) is 31.1. The van der Waals surface area contributed by atoms with Crippen molar-refractivity contribution >= 4 is 47.7 Å². The number of nitrogen functional groups attached to an aromatic ring is 1. The van der Waals surface area contributed by atoms with Crippen LogP contribution in [0.1, 0.15) is 44.1 Å². The molecule has 1 aliphatic rings. The lowest BCUT2D eigenvalue weighted by Gasteiger charge is -2.30. The predicted molar refractivity (Wildman–Crippen MR) is 167 cm³/mol. The van der Waals surface area contributed by atoms with E-state index in [1.807, 2.05) is 39.0 Å². The van der Waals surface area contributed by atoms with Crippen LogP contribution in [0.15, 0.2) is 48.9 Å². The van der Waals surface area contributed by atoms with Crippen molar-refractivity contribution in [1.29, 1.82) is 0 Å². The Morgan fingerprint density at radius 2 is 1.93 bits per heavy atom. The van der Waals surface area contributed by atoms with Gasteiger partial charge in [-0.3, -0.25) is 14.6 Å². The van der Waals surface area contributed by atoms with Crippen LogP contribution in [0.5, 0.6) is 5.75 Å². The zero-order chi connectivity index (χ0) is 30.1. The Bertz CT molecular complexity index is 1370. The van der Waals surface area contributed by atoms with Crippen molar-refractivity contribution < 1.29 is 19.1 Å². The lowest BCUT2D eigenvalue weighted by atomic mass is 10.1. The lowest BCUT2D eigenvalue weighted by Crippen LogP contribution is -2.36. The van der Waals surface area contributed by atoms with E-state index in [9.17, 15) is 9.59 Å². The molecular formula is C29H36BN7O4S. The maximum Gasteiger partial charge on any atom is 0.278 e. The number of rotatable bonds is 12. The zero-order valence-corrected chi connectivity index (χ0v) is 24.9. The van der Waals surface area contributed by atoms with E-state index < -0.39 is 5.91 Å². The van der Waals surface area contributed by atoms with Crippen LogP contribution in [-0.2, 0) is 9.53 Å². The fraction of sp³-hybridized carbons (Fsp3) is 0.414. The molecule has 0 bridgehead atoms. The third kappa shape index (κ3) is 8.59. The highest BCUT2D eigenvalue weighted by atomic mass is 32.2. The molecule has 3 aromatic rings. The monoisotopic (exact) mass is 589 g/mol. The Morgan fingerprint density at radius 3 is 2.64 bits per heavy atom. The molecule has 13 heteroatoms. The summed E-state index contributed by atoms with van der Waals surface area (Å²) in [6, 6.07) is 9.11. The van der Waals surface area contributed by atoms with Gasteiger partial charge in [0, 0.05) is 31.3 Å². The first-order chi connectivity index (χ1) is 20.1. The Labute approximate surface area is 251 Å². The van der Waals surface area contributed by atoms with E-state index in [4.69, 9.17) is 22.3 Å². The molecule has 1 aromatic carbocycles. The maximum atomic E-state index is 13.2. The molecule has 4 rings (SSSR count). The molecule has 4 N–H and O–H groups in total. The minimum atomic E-state index is -0.481. The van der Waals surface area contributed by atoms with Crippen molar-refractivity contribution in [3.63, 3.8) is 0 Å². The van der Waals surface area contributed by atoms with E-state index in [0.29, 0.717) is 62.8 Å². The third-order valence-corrected chi connectivity index (χ3v) is 7.60. The van der Waals surface area contributed by atoms with Gasteiger partial charge in [0.25, 0.3) is 5.91 Å². The van der Waals surface area contributed by atoms with E-state index in [0.717, 1.165) is 11.3 Å². The quantitative estimate of drug-likeness (QED) is 0.269. The summed E-state index contributed by atoms with van der Waals surface area (Å²) in [5.41, 5.74) is 8.69. The standard InChI is InChI=1S/C29H36BN7O4S/c1-19(16-33-25(38)8-10-29(2,3)42-30)41-21-6-4-20(5-7-21)22-18-34-27(31)26(35-22)28(39)36-23-17-32-11-9-24(23)37-12-14-40-15-13-37/h4-7,9,11,17-19H,8,10,12-16H2,1-3H3,(H2,31,34)(H,33,38)(H,36,39). The molecule has 2 aromatic heterocycles. The number of benzene rings is 1. The largest absolute Gasteiger partial charge is 0.489 e. The summed E-state index contributed by atoms with van der Waals surface area (Å²) in [6.45, 7) is 8.94. The highest BCUT2D eigenvalue weighted by Crippen LogP contribution is 2.28. The highest BCUT2D eigenvalue weighted by molar-refractivity contribution is 8.20. The third-order valence-electron chi connectivity index (χ3n) is 6.76. The minimum absolute atomic E-state index is 0.0161. The van der Waals surface area contributed by atoms with Gasteiger partial charge >= 0.3 is 0 Å².